The Morgan fingerprint density at radius 1 is 0.923 bits per heavy atom. The Hall–Kier alpha value is -4.52. The van der Waals surface area contributed by atoms with Crippen LogP contribution in [0.25, 0.3) is 22.0 Å². The summed E-state index contributed by atoms with van der Waals surface area (Å²) in [6.45, 7) is 3.93. The number of rotatable bonds is 7. The fourth-order valence-corrected chi connectivity index (χ4v) is 4.55. The fraction of sp³-hybridized carbons (Fsp3) is 0.156. The molecule has 1 unspecified atom stereocenters. The summed E-state index contributed by atoms with van der Waals surface area (Å²) >= 11 is 0. The van der Waals surface area contributed by atoms with Crippen LogP contribution >= 0.6 is 0 Å². The summed E-state index contributed by atoms with van der Waals surface area (Å²) in [5.74, 6) is 0.0131. The minimum Gasteiger partial charge on any atom is -0.324 e. The highest BCUT2D eigenvalue weighted by Crippen LogP contribution is 2.33. The lowest BCUT2D eigenvalue weighted by Gasteiger charge is -2.16. The molecule has 7 heteroatoms. The molecule has 0 saturated carbocycles. The van der Waals surface area contributed by atoms with E-state index in [9.17, 15) is 18.0 Å². The van der Waals surface area contributed by atoms with Gasteiger partial charge in [0.25, 0.3) is 0 Å². The highest BCUT2D eigenvalue weighted by molar-refractivity contribution is 5.96. The number of carbonyl (C=O) groups is 1. The molecule has 39 heavy (non-hydrogen) atoms. The molecule has 1 heterocycles. The highest BCUT2D eigenvalue weighted by Gasteiger charge is 2.31. The number of benzene rings is 4. The van der Waals surface area contributed by atoms with Crippen LogP contribution in [-0.2, 0) is 6.18 Å². The number of anilines is 2. The first-order valence-corrected chi connectivity index (χ1v) is 12.6. The van der Waals surface area contributed by atoms with Crippen LogP contribution in [-0.4, -0.2) is 15.8 Å². The van der Waals surface area contributed by atoms with Gasteiger partial charge in [0.2, 0.25) is 5.95 Å². The summed E-state index contributed by atoms with van der Waals surface area (Å²) < 4.78 is 39.3. The number of Topliss-reactive ketones (excluding diaryl/α,β-unsaturated/α-hetero) is 1. The lowest BCUT2D eigenvalue weighted by atomic mass is 9.89. The van der Waals surface area contributed by atoms with Crippen molar-refractivity contribution in [1.29, 1.82) is 0 Å². The summed E-state index contributed by atoms with van der Waals surface area (Å²) in [7, 11) is 0. The van der Waals surface area contributed by atoms with Gasteiger partial charge in [-0.25, -0.2) is 9.97 Å². The van der Waals surface area contributed by atoms with E-state index >= 15 is 0 Å². The third kappa shape index (κ3) is 5.98. The molecule has 0 aliphatic heterocycles. The van der Waals surface area contributed by atoms with Crippen LogP contribution < -0.4 is 5.32 Å². The maximum Gasteiger partial charge on any atom is 0.416 e. The fourth-order valence-electron chi connectivity index (χ4n) is 4.55. The van der Waals surface area contributed by atoms with E-state index in [-0.39, 0.29) is 23.7 Å². The lowest BCUT2D eigenvalue weighted by Crippen LogP contribution is -2.09. The predicted molar refractivity (Wildman–Crippen MR) is 148 cm³/mol. The number of aryl methyl sites for hydroxylation is 1. The number of ketones is 1. The van der Waals surface area contributed by atoms with Gasteiger partial charge >= 0.3 is 6.18 Å². The largest absolute Gasteiger partial charge is 0.416 e. The number of hydrogen-bond acceptors (Lipinski definition) is 4. The summed E-state index contributed by atoms with van der Waals surface area (Å²) in [4.78, 5) is 21.9. The van der Waals surface area contributed by atoms with Gasteiger partial charge in [-0.2, -0.15) is 13.2 Å². The van der Waals surface area contributed by atoms with E-state index in [0.29, 0.717) is 5.95 Å². The molecule has 5 aromatic rings. The molecule has 0 fully saturated rings. The van der Waals surface area contributed by atoms with Crippen molar-refractivity contribution in [2.24, 2.45) is 0 Å². The quantitative estimate of drug-likeness (QED) is 0.216. The molecule has 0 aliphatic rings. The minimum absolute atomic E-state index is 0.0691. The molecule has 0 bridgehead atoms. The van der Waals surface area contributed by atoms with Crippen LogP contribution in [0.1, 0.15) is 46.3 Å². The number of nitrogens with zero attached hydrogens (tertiary/aromatic N) is 2. The molecule has 1 aromatic heterocycles. The Balaban J connectivity index is 1.36. The SMILES string of the molecule is Cc1ccc(C(C)CC(=O)c2cccc(C(F)(F)F)c2)cc1-c1ccc2nc(Nc3ccccc3)ncc2c1. The van der Waals surface area contributed by atoms with Gasteiger partial charge < -0.3 is 5.32 Å². The Morgan fingerprint density at radius 3 is 2.49 bits per heavy atom. The maximum atomic E-state index is 13.1. The molecule has 0 radical (unpaired) electrons. The van der Waals surface area contributed by atoms with Crippen molar-refractivity contribution >= 4 is 28.3 Å². The summed E-state index contributed by atoms with van der Waals surface area (Å²) in [6, 6.07) is 26.3. The van der Waals surface area contributed by atoms with E-state index in [2.05, 4.69) is 15.3 Å². The van der Waals surface area contributed by atoms with E-state index in [1.165, 1.54) is 12.1 Å². The van der Waals surface area contributed by atoms with Crippen molar-refractivity contribution < 1.29 is 18.0 Å². The Bertz CT molecular complexity index is 1650. The number of carbonyl (C=O) groups excluding carboxylic acids is 1. The molecule has 196 valence electrons. The number of fused-ring (bicyclic) bond motifs is 1. The number of nitrogens with one attached hydrogen (secondary N) is 1. The highest BCUT2D eigenvalue weighted by atomic mass is 19.4. The number of hydrogen-bond donors (Lipinski definition) is 1. The van der Waals surface area contributed by atoms with Crippen LogP contribution in [0.2, 0.25) is 0 Å². The molecule has 0 saturated heterocycles. The lowest BCUT2D eigenvalue weighted by molar-refractivity contribution is -0.137. The Morgan fingerprint density at radius 2 is 1.72 bits per heavy atom. The van der Waals surface area contributed by atoms with Crippen molar-refractivity contribution in [3.8, 4) is 11.1 Å². The predicted octanol–water partition coefficient (Wildman–Crippen LogP) is 8.74. The first-order chi connectivity index (χ1) is 18.7. The topological polar surface area (TPSA) is 54.9 Å². The minimum atomic E-state index is -4.49. The van der Waals surface area contributed by atoms with Gasteiger partial charge in [0, 0.05) is 29.3 Å². The third-order valence-electron chi connectivity index (χ3n) is 6.75. The molecule has 0 amide bonds. The number of aromatic nitrogens is 2. The summed E-state index contributed by atoms with van der Waals surface area (Å²) in [5, 5.41) is 4.10. The molecule has 1 N–H and O–H groups in total. The number of para-hydroxylation sites is 1. The standard InChI is InChI=1S/C32H26F3N3O/c1-20-11-12-22(21(2)15-30(39)24-7-6-8-26(17-24)32(33,34)35)18-28(20)23-13-14-29-25(16-23)19-36-31(38-29)37-27-9-4-3-5-10-27/h3-14,16-19,21H,15H2,1-2H3,(H,36,37,38). The zero-order valence-corrected chi connectivity index (χ0v) is 21.5. The zero-order chi connectivity index (χ0) is 27.6. The molecule has 4 aromatic carbocycles. The van der Waals surface area contributed by atoms with E-state index in [1.54, 1.807) is 6.20 Å². The van der Waals surface area contributed by atoms with Crippen molar-refractivity contribution in [2.45, 2.75) is 32.4 Å². The van der Waals surface area contributed by atoms with Crippen LogP contribution in [0.3, 0.4) is 0 Å². The number of alkyl halides is 3. The van der Waals surface area contributed by atoms with Crippen LogP contribution in [0.5, 0.6) is 0 Å². The van der Waals surface area contributed by atoms with Gasteiger partial charge in [0.15, 0.2) is 5.78 Å². The van der Waals surface area contributed by atoms with Crippen molar-refractivity contribution in [1.82, 2.24) is 9.97 Å². The van der Waals surface area contributed by atoms with E-state index in [0.717, 1.165) is 51.0 Å². The smallest absolute Gasteiger partial charge is 0.324 e. The molecule has 0 spiro atoms. The molecular weight excluding hydrogens is 499 g/mol. The second kappa shape index (κ2) is 10.7. The van der Waals surface area contributed by atoms with E-state index < -0.39 is 11.7 Å². The van der Waals surface area contributed by atoms with E-state index in [4.69, 9.17) is 0 Å². The Kier molecular flexibility index (Phi) is 7.15. The van der Waals surface area contributed by atoms with Crippen LogP contribution in [0.4, 0.5) is 24.8 Å². The average Bonchev–Trinajstić information content (AvgIpc) is 2.93. The van der Waals surface area contributed by atoms with Crippen molar-refractivity contribution in [3.05, 3.63) is 119 Å². The monoisotopic (exact) mass is 525 g/mol. The van der Waals surface area contributed by atoms with Gasteiger partial charge in [-0.1, -0.05) is 61.5 Å². The van der Waals surface area contributed by atoms with Gasteiger partial charge in [-0.05, 0) is 71.5 Å². The summed E-state index contributed by atoms with van der Waals surface area (Å²) in [6.07, 6.45) is -2.60. The van der Waals surface area contributed by atoms with Gasteiger partial charge in [0.1, 0.15) is 0 Å². The molecular formula is C32H26F3N3O. The maximum absolute atomic E-state index is 13.1. The number of halogens is 3. The second-order valence-electron chi connectivity index (χ2n) is 9.64. The first-order valence-electron chi connectivity index (χ1n) is 12.6. The van der Waals surface area contributed by atoms with Gasteiger partial charge in [0.05, 0.1) is 11.1 Å². The molecule has 1 atom stereocenters. The Labute approximate surface area is 224 Å². The first kappa shape index (κ1) is 26.1. The average molecular weight is 526 g/mol. The zero-order valence-electron chi connectivity index (χ0n) is 21.5. The normalized spacial score (nSPS) is 12.3. The van der Waals surface area contributed by atoms with E-state index in [1.807, 2.05) is 80.6 Å². The van der Waals surface area contributed by atoms with Crippen molar-refractivity contribution in [3.63, 3.8) is 0 Å². The van der Waals surface area contributed by atoms with Crippen LogP contribution in [0.15, 0.2) is 97.2 Å². The van der Waals surface area contributed by atoms with Crippen molar-refractivity contribution in [2.75, 3.05) is 5.32 Å². The summed E-state index contributed by atoms with van der Waals surface area (Å²) in [5.41, 5.74) is 4.97. The second-order valence-corrected chi connectivity index (χ2v) is 9.64. The van der Waals surface area contributed by atoms with Gasteiger partial charge in [-0.3, -0.25) is 4.79 Å². The van der Waals surface area contributed by atoms with Gasteiger partial charge in [-0.15, -0.1) is 0 Å². The third-order valence-corrected chi connectivity index (χ3v) is 6.75. The molecule has 4 nitrogen and oxygen atoms in total. The van der Waals surface area contributed by atoms with Crippen LogP contribution in [0, 0.1) is 6.92 Å². The molecule has 5 rings (SSSR count). The molecule has 0 aliphatic carbocycles.